The molecule has 2 aromatic carbocycles. The Morgan fingerprint density at radius 3 is 2.60 bits per heavy atom. The summed E-state index contributed by atoms with van der Waals surface area (Å²) in [6.45, 7) is 5.80. The summed E-state index contributed by atoms with van der Waals surface area (Å²) < 4.78 is 10.4. The summed E-state index contributed by atoms with van der Waals surface area (Å²) in [4.78, 5) is 25.7. The number of hydrogen-bond acceptors (Lipinski definition) is 6. The Morgan fingerprint density at radius 2 is 1.89 bits per heavy atom. The van der Waals surface area contributed by atoms with Crippen molar-refractivity contribution in [2.45, 2.75) is 70.3 Å². The molecule has 1 aromatic heterocycles. The number of aromatic nitrogens is 1. The first-order valence-electron chi connectivity index (χ1n) is 12.2. The molecular weight excluding hydrogens is 444 g/mol. The zero-order valence-electron chi connectivity index (χ0n) is 20.9. The van der Waals surface area contributed by atoms with Gasteiger partial charge in [0.05, 0.1) is 18.2 Å². The fourth-order valence-corrected chi connectivity index (χ4v) is 5.52. The lowest BCUT2D eigenvalue weighted by Gasteiger charge is -2.37. The molecule has 1 atom stereocenters. The molecule has 1 aliphatic carbocycles. The standard InChI is InChI=1S/C28H34N2O5/c1-18-22-15-20(13-14-21(22)25(31)35-30-18)29-26(32)28(33,16-19-9-5-6-10-19)17-27(2,3)23-11-7-8-12-24(23)34-4/h7-8,11-15,19,33H,5-6,9-10,16-17H2,1-4H3,(H,29,32). The number of hydrogen-bond donors (Lipinski definition) is 2. The topological polar surface area (TPSA) is 102 Å². The predicted molar refractivity (Wildman–Crippen MR) is 136 cm³/mol. The summed E-state index contributed by atoms with van der Waals surface area (Å²) in [6, 6.07) is 12.7. The Labute approximate surface area is 205 Å². The van der Waals surface area contributed by atoms with Crippen molar-refractivity contribution >= 4 is 22.4 Å². The van der Waals surface area contributed by atoms with Gasteiger partial charge in [0.2, 0.25) is 0 Å². The highest BCUT2D eigenvalue weighted by Crippen LogP contribution is 2.42. The Bertz CT molecular complexity index is 1280. The number of methoxy groups -OCH3 is 1. The second-order valence-corrected chi connectivity index (χ2v) is 10.4. The summed E-state index contributed by atoms with van der Waals surface area (Å²) in [6.07, 6.45) is 4.91. The molecular formula is C28H34N2O5. The number of rotatable bonds is 8. The van der Waals surface area contributed by atoms with Crippen LogP contribution < -0.4 is 15.7 Å². The monoisotopic (exact) mass is 478 g/mol. The number of aliphatic hydroxyl groups is 1. The molecule has 186 valence electrons. The highest BCUT2D eigenvalue weighted by molar-refractivity contribution is 5.99. The number of benzene rings is 2. The maximum atomic E-state index is 13.7. The summed E-state index contributed by atoms with van der Waals surface area (Å²) in [5.41, 5.74) is -0.650. The number of fused-ring (bicyclic) bond motifs is 1. The zero-order chi connectivity index (χ0) is 25.2. The lowest BCUT2D eigenvalue weighted by atomic mass is 9.71. The molecule has 1 fully saturated rings. The molecule has 1 saturated carbocycles. The first-order valence-corrected chi connectivity index (χ1v) is 12.2. The van der Waals surface area contributed by atoms with Gasteiger partial charge in [0.25, 0.3) is 5.91 Å². The average Bonchev–Trinajstić information content (AvgIpc) is 3.33. The molecule has 0 saturated heterocycles. The predicted octanol–water partition coefficient (Wildman–Crippen LogP) is 5.12. The van der Waals surface area contributed by atoms with Crippen LogP contribution in [0.5, 0.6) is 5.75 Å². The van der Waals surface area contributed by atoms with E-state index in [-0.39, 0.29) is 6.42 Å². The molecule has 0 spiro atoms. The number of aryl methyl sites for hydroxylation is 1. The van der Waals surface area contributed by atoms with Crippen LogP contribution in [0.3, 0.4) is 0 Å². The minimum absolute atomic E-state index is 0.237. The number of para-hydroxylation sites is 1. The van der Waals surface area contributed by atoms with Crippen LogP contribution in [0.1, 0.15) is 63.6 Å². The molecule has 0 radical (unpaired) electrons. The maximum absolute atomic E-state index is 13.7. The molecule has 1 heterocycles. The highest BCUT2D eigenvalue weighted by atomic mass is 16.5. The average molecular weight is 479 g/mol. The van der Waals surface area contributed by atoms with E-state index in [0.717, 1.165) is 37.0 Å². The SMILES string of the molecule is COc1ccccc1C(C)(C)CC(O)(CC1CCCC1)C(=O)Nc1ccc2c(=O)onc(C)c2c1. The van der Waals surface area contributed by atoms with Crippen LogP contribution in [0.4, 0.5) is 5.69 Å². The van der Waals surface area contributed by atoms with Crippen LogP contribution in [0.15, 0.2) is 51.8 Å². The summed E-state index contributed by atoms with van der Waals surface area (Å²) in [7, 11) is 1.63. The van der Waals surface area contributed by atoms with E-state index >= 15 is 0 Å². The van der Waals surface area contributed by atoms with E-state index in [1.165, 1.54) is 0 Å². The third-order valence-corrected chi connectivity index (χ3v) is 7.25. The van der Waals surface area contributed by atoms with Crippen molar-refractivity contribution in [2.75, 3.05) is 12.4 Å². The second-order valence-electron chi connectivity index (χ2n) is 10.4. The van der Waals surface area contributed by atoms with Gasteiger partial charge in [-0.15, -0.1) is 0 Å². The van der Waals surface area contributed by atoms with E-state index in [1.54, 1.807) is 32.2 Å². The molecule has 4 rings (SSSR count). The Balaban J connectivity index is 1.66. The third kappa shape index (κ3) is 5.25. The smallest absolute Gasteiger partial charge is 0.366 e. The Hall–Kier alpha value is -3.19. The van der Waals surface area contributed by atoms with E-state index in [2.05, 4.69) is 10.5 Å². The normalized spacial score (nSPS) is 16.3. The van der Waals surface area contributed by atoms with Crippen molar-refractivity contribution in [3.05, 3.63) is 64.1 Å². The Kier molecular flexibility index (Phi) is 6.99. The number of carbonyl (C=O) groups is 1. The van der Waals surface area contributed by atoms with E-state index in [9.17, 15) is 14.7 Å². The van der Waals surface area contributed by atoms with Crippen LogP contribution in [-0.2, 0) is 10.2 Å². The largest absolute Gasteiger partial charge is 0.496 e. The van der Waals surface area contributed by atoms with E-state index < -0.39 is 22.5 Å². The lowest BCUT2D eigenvalue weighted by Crippen LogP contribution is -2.48. The minimum Gasteiger partial charge on any atom is -0.496 e. The number of nitrogens with one attached hydrogen (secondary N) is 1. The fraction of sp³-hybridized carbons (Fsp3) is 0.464. The molecule has 3 aromatic rings. The fourth-order valence-electron chi connectivity index (χ4n) is 5.52. The van der Waals surface area contributed by atoms with E-state index in [0.29, 0.717) is 34.5 Å². The van der Waals surface area contributed by atoms with Crippen molar-refractivity contribution in [1.29, 1.82) is 0 Å². The van der Waals surface area contributed by atoms with Crippen molar-refractivity contribution in [3.8, 4) is 5.75 Å². The van der Waals surface area contributed by atoms with Gasteiger partial charge < -0.3 is 19.7 Å². The third-order valence-electron chi connectivity index (χ3n) is 7.25. The molecule has 1 amide bonds. The van der Waals surface area contributed by atoms with Gasteiger partial charge in [-0.3, -0.25) is 4.79 Å². The van der Waals surface area contributed by atoms with Crippen molar-refractivity contribution in [2.24, 2.45) is 5.92 Å². The van der Waals surface area contributed by atoms with Gasteiger partial charge in [-0.1, -0.05) is 62.9 Å². The minimum atomic E-state index is -1.59. The maximum Gasteiger partial charge on any atom is 0.366 e. The van der Waals surface area contributed by atoms with Gasteiger partial charge in [-0.05, 0) is 60.9 Å². The molecule has 2 N–H and O–H groups in total. The molecule has 0 bridgehead atoms. The molecule has 0 aliphatic heterocycles. The first kappa shape index (κ1) is 24.9. The van der Waals surface area contributed by atoms with Gasteiger partial charge in [0.15, 0.2) is 0 Å². The highest BCUT2D eigenvalue weighted by Gasteiger charge is 2.44. The van der Waals surface area contributed by atoms with Gasteiger partial charge in [-0.25, -0.2) is 4.79 Å². The van der Waals surface area contributed by atoms with E-state index in [1.807, 2.05) is 38.1 Å². The van der Waals surface area contributed by atoms with Gasteiger partial charge in [0.1, 0.15) is 11.4 Å². The van der Waals surface area contributed by atoms with Crippen molar-refractivity contribution in [3.63, 3.8) is 0 Å². The van der Waals surface area contributed by atoms with E-state index in [4.69, 9.17) is 9.26 Å². The quantitative estimate of drug-likeness (QED) is 0.466. The lowest BCUT2D eigenvalue weighted by molar-refractivity contribution is -0.138. The summed E-state index contributed by atoms with van der Waals surface area (Å²) in [5, 5.41) is 19.6. The zero-order valence-corrected chi connectivity index (χ0v) is 20.9. The summed E-state index contributed by atoms with van der Waals surface area (Å²) in [5.74, 6) is 0.588. The second kappa shape index (κ2) is 9.82. The van der Waals surface area contributed by atoms with Crippen LogP contribution >= 0.6 is 0 Å². The van der Waals surface area contributed by atoms with Gasteiger partial charge in [-0.2, -0.15) is 0 Å². The van der Waals surface area contributed by atoms with Gasteiger partial charge in [0, 0.05) is 11.1 Å². The molecule has 7 nitrogen and oxygen atoms in total. The molecule has 7 heteroatoms. The van der Waals surface area contributed by atoms with Crippen LogP contribution in [0, 0.1) is 12.8 Å². The van der Waals surface area contributed by atoms with Crippen LogP contribution in [0.2, 0.25) is 0 Å². The molecule has 1 unspecified atom stereocenters. The van der Waals surface area contributed by atoms with Crippen LogP contribution in [0.25, 0.3) is 10.8 Å². The summed E-state index contributed by atoms with van der Waals surface area (Å²) >= 11 is 0. The van der Waals surface area contributed by atoms with Crippen molar-refractivity contribution in [1.82, 2.24) is 5.16 Å². The molecule has 1 aliphatic rings. The van der Waals surface area contributed by atoms with Crippen molar-refractivity contribution < 1.29 is 19.2 Å². The number of nitrogens with zero attached hydrogens (tertiary/aromatic N) is 1. The number of carbonyl (C=O) groups excluding carboxylic acids is 1. The first-order chi connectivity index (χ1) is 16.6. The van der Waals surface area contributed by atoms with Crippen LogP contribution in [-0.4, -0.2) is 28.9 Å². The number of ether oxygens (including phenoxy) is 1. The van der Waals surface area contributed by atoms with Gasteiger partial charge >= 0.3 is 5.63 Å². The number of amides is 1. The number of anilines is 1. The Morgan fingerprint density at radius 1 is 1.17 bits per heavy atom. The molecule has 35 heavy (non-hydrogen) atoms.